The Labute approximate surface area is 197 Å². The molecular formula is C25H26N6O3. The molecule has 3 aromatic rings. The summed E-state index contributed by atoms with van der Waals surface area (Å²) in [7, 11) is 0. The highest BCUT2D eigenvalue weighted by molar-refractivity contribution is 5.93. The fourth-order valence-electron chi connectivity index (χ4n) is 4.16. The molecule has 3 amide bonds. The van der Waals surface area contributed by atoms with Gasteiger partial charge in [0.05, 0.1) is 5.69 Å². The van der Waals surface area contributed by atoms with Crippen molar-refractivity contribution in [2.75, 3.05) is 13.1 Å². The molecule has 1 aromatic heterocycles. The van der Waals surface area contributed by atoms with E-state index in [9.17, 15) is 14.4 Å². The smallest absolute Gasteiger partial charge is 0.309 e. The Kier molecular flexibility index (Phi) is 6.07. The van der Waals surface area contributed by atoms with E-state index in [0.717, 1.165) is 24.1 Å². The van der Waals surface area contributed by atoms with E-state index in [0.29, 0.717) is 31.8 Å². The number of benzene rings is 2. The number of aromatic nitrogens is 3. The maximum Gasteiger partial charge on any atom is 0.309 e. The Bertz CT molecular complexity index is 1120. The van der Waals surface area contributed by atoms with E-state index < -0.39 is 5.91 Å². The SMILES string of the molecule is O=C(NNC(=O)C1CCN(C(=O)C2CC2)CC1)c1nc(-c2ccccc2)n(-c2ccccc2)n1. The second-order valence-corrected chi connectivity index (χ2v) is 8.69. The van der Waals surface area contributed by atoms with Crippen molar-refractivity contribution < 1.29 is 14.4 Å². The van der Waals surface area contributed by atoms with Crippen LogP contribution in [0.1, 0.15) is 36.3 Å². The summed E-state index contributed by atoms with van der Waals surface area (Å²) in [6.45, 7) is 1.15. The molecule has 174 valence electrons. The van der Waals surface area contributed by atoms with Gasteiger partial charge in [0.2, 0.25) is 17.6 Å². The van der Waals surface area contributed by atoms with Crippen LogP contribution in [0.15, 0.2) is 60.7 Å². The van der Waals surface area contributed by atoms with Gasteiger partial charge in [0.1, 0.15) is 0 Å². The molecule has 5 rings (SSSR count). The average molecular weight is 459 g/mol. The molecule has 1 aliphatic carbocycles. The number of amides is 3. The Morgan fingerprint density at radius 1 is 0.794 bits per heavy atom. The predicted molar refractivity (Wildman–Crippen MR) is 124 cm³/mol. The van der Waals surface area contributed by atoms with Gasteiger partial charge in [0.15, 0.2) is 5.82 Å². The number of carbonyl (C=O) groups is 3. The lowest BCUT2D eigenvalue weighted by Gasteiger charge is -2.31. The largest absolute Gasteiger partial charge is 0.342 e. The standard InChI is InChI=1S/C25H26N6O3/c32-23(18-13-15-30(16-14-18)25(34)19-11-12-19)27-28-24(33)21-26-22(17-7-3-1-4-8-17)31(29-21)20-9-5-2-6-10-20/h1-10,18-19H,11-16H2,(H,27,32)(H,28,33). The molecule has 1 saturated carbocycles. The summed E-state index contributed by atoms with van der Waals surface area (Å²) < 4.78 is 1.61. The molecule has 2 heterocycles. The number of piperidine rings is 1. The van der Waals surface area contributed by atoms with Gasteiger partial charge in [0.25, 0.3) is 0 Å². The lowest BCUT2D eigenvalue weighted by Crippen LogP contribution is -2.48. The quantitative estimate of drug-likeness (QED) is 0.571. The van der Waals surface area contributed by atoms with Crippen molar-refractivity contribution in [2.45, 2.75) is 25.7 Å². The molecule has 2 fully saturated rings. The van der Waals surface area contributed by atoms with Gasteiger partial charge in [-0.05, 0) is 37.8 Å². The van der Waals surface area contributed by atoms with E-state index in [4.69, 9.17) is 0 Å². The predicted octanol–water partition coefficient (Wildman–Crippen LogP) is 2.34. The lowest BCUT2D eigenvalue weighted by molar-refractivity contribution is -0.136. The van der Waals surface area contributed by atoms with E-state index in [2.05, 4.69) is 20.9 Å². The average Bonchev–Trinajstić information content (AvgIpc) is 3.65. The van der Waals surface area contributed by atoms with Crippen molar-refractivity contribution in [2.24, 2.45) is 11.8 Å². The van der Waals surface area contributed by atoms with Crippen LogP contribution in [-0.2, 0) is 9.59 Å². The lowest BCUT2D eigenvalue weighted by atomic mass is 9.96. The molecule has 0 radical (unpaired) electrons. The molecule has 9 heteroatoms. The van der Waals surface area contributed by atoms with Crippen molar-refractivity contribution in [3.8, 4) is 17.1 Å². The van der Waals surface area contributed by atoms with Gasteiger partial charge < -0.3 is 4.90 Å². The second kappa shape index (κ2) is 9.46. The van der Waals surface area contributed by atoms with Crippen molar-refractivity contribution in [3.05, 3.63) is 66.5 Å². The van der Waals surface area contributed by atoms with Crippen molar-refractivity contribution in [1.29, 1.82) is 0 Å². The molecule has 9 nitrogen and oxygen atoms in total. The number of hydrogen-bond donors (Lipinski definition) is 2. The highest BCUT2D eigenvalue weighted by atomic mass is 16.2. The number of nitrogens with zero attached hydrogens (tertiary/aromatic N) is 4. The monoisotopic (exact) mass is 458 g/mol. The van der Waals surface area contributed by atoms with Gasteiger partial charge >= 0.3 is 5.91 Å². The van der Waals surface area contributed by atoms with Gasteiger partial charge in [-0.25, -0.2) is 9.67 Å². The number of hydrazine groups is 1. The zero-order valence-electron chi connectivity index (χ0n) is 18.7. The minimum absolute atomic E-state index is 0.0483. The molecule has 0 bridgehead atoms. The minimum Gasteiger partial charge on any atom is -0.342 e. The first-order valence-corrected chi connectivity index (χ1v) is 11.6. The van der Waals surface area contributed by atoms with Crippen LogP contribution in [0, 0.1) is 11.8 Å². The summed E-state index contributed by atoms with van der Waals surface area (Å²) in [5.74, 6) is -0.239. The Hall–Kier alpha value is -4.01. The summed E-state index contributed by atoms with van der Waals surface area (Å²) in [5, 5.41) is 4.40. The molecule has 1 aliphatic heterocycles. The first-order valence-electron chi connectivity index (χ1n) is 11.6. The number of para-hydroxylation sites is 1. The minimum atomic E-state index is -0.596. The van der Waals surface area contributed by atoms with E-state index in [1.807, 2.05) is 65.6 Å². The van der Waals surface area contributed by atoms with E-state index in [-0.39, 0.29) is 29.5 Å². The van der Waals surface area contributed by atoms with Crippen LogP contribution in [0.25, 0.3) is 17.1 Å². The van der Waals surface area contributed by atoms with E-state index in [1.54, 1.807) is 4.68 Å². The normalized spacial score (nSPS) is 16.2. The first kappa shape index (κ1) is 21.8. The van der Waals surface area contributed by atoms with Crippen LogP contribution in [0.5, 0.6) is 0 Å². The number of carbonyl (C=O) groups excluding carboxylic acids is 3. The van der Waals surface area contributed by atoms with Gasteiger partial charge in [-0.15, -0.1) is 5.10 Å². The number of rotatable bonds is 5. The number of hydrogen-bond acceptors (Lipinski definition) is 5. The maximum atomic E-state index is 12.8. The zero-order valence-corrected chi connectivity index (χ0v) is 18.7. The summed E-state index contributed by atoms with van der Waals surface area (Å²) in [5.41, 5.74) is 6.53. The highest BCUT2D eigenvalue weighted by Crippen LogP contribution is 2.32. The fourth-order valence-corrected chi connectivity index (χ4v) is 4.16. The van der Waals surface area contributed by atoms with Crippen LogP contribution in [0.3, 0.4) is 0 Å². The molecule has 2 N–H and O–H groups in total. The van der Waals surface area contributed by atoms with Gasteiger partial charge in [-0.1, -0.05) is 48.5 Å². The first-order chi connectivity index (χ1) is 16.6. The number of nitrogens with one attached hydrogen (secondary N) is 2. The topological polar surface area (TPSA) is 109 Å². The molecule has 0 unspecified atom stereocenters. The molecule has 2 aromatic carbocycles. The van der Waals surface area contributed by atoms with Crippen LogP contribution >= 0.6 is 0 Å². The van der Waals surface area contributed by atoms with Crippen LogP contribution < -0.4 is 10.9 Å². The molecule has 34 heavy (non-hydrogen) atoms. The molecule has 0 atom stereocenters. The van der Waals surface area contributed by atoms with Crippen molar-refractivity contribution in [3.63, 3.8) is 0 Å². The van der Waals surface area contributed by atoms with Crippen molar-refractivity contribution in [1.82, 2.24) is 30.5 Å². The highest BCUT2D eigenvalue weighted by Gasteiger charge is 2.36. The van der Waals surface area contributed by atoms with E-state index >= 15 is 0 Å². The maximum absolute atomic E-state index is 12.8. The van der Waals surface area contributed by atoms with Gasteiger partial charge in [-0.2, -0.15) is 0 Å². The Morgan fingerprint density at radius 3 is 2.09 bits per heavy atom. The van der Waals surface area contributed by atoms with Crippen LogP contribution in [-0.4, -0.2) is 50.5 Å². The molecule has 0 spiro atoms. The van der Waals surface area contributed by atoms with Gasteiger partial charge in [-0.3, -0.25) is 25.2 Å². The molecule has 2 aliphatic rings. The molecular weight excluding hydrogens is 432 g/mol. The summed E-state index contributed by atoms with van der Waals surface area (Å²) in [4.78, 5) is 43.9. The third kappa shape index (κ3) is 4.68. The second-order valence-electron chi connectivity index (χ2n) is 8.69. The van der Waals surface area contributed by atoms with Gasteiger partial charge in [0, 0.05) is 30.5 Å². The fraction of sp³-hybridized carbons (Fsp3) is 0.320. The van der Waals surface area contributed by atoms with E-state index in [1.165, 1.54) is 0 Å². The third-order valence-electron chi connectivity index (χ3n) is 6.25. The summed E-state index contributed by atoms with van der Waals surface area (Å²) in [6, 6.07) is 18.9. The summed E-state index contributed by atoms with van der Waals surface area (Å²) >= 11 is 0. The van der Waals surface area contributed by atoms with Crippen molar-refractivity contribution >= 4 is 17.7 Å². The van der Waals surface area contributed by atoms with Crippen LogP contribution in [0.4, 0.5) is 0 Å². The number of likely N-dealkylation sites (tertiary alicyclic amines) is 1. The third-order valence-corrected chi connectivity index (χ3v) is 6.25. The summed E-state index contributed by atoms with van der Waals surface area (Å²) in [6.07, 6.45) is 3.12. The Balaban J connectivity index is 1.24. The van der Waals surface area contributed by atoms with Crippen LogP contribution in [0.2, 0.25) is 0 Å². The Morgan fingerprint density at radius 2 is 1.44 bits per heavy atom. The molecule has 1 saturated heterocycles. The zero-order chi connectivity index (χ0) is 23.5.